The van der Waals surface area contributed by atoms with Crippen molar-refractivity contribution in [2.75, 3.05) is 5.73 Å². The van der Waals surface area contributed by atoms with Crippen molar-refractivity contribution in [3.8, 4) is 11.6 Å². The van der Waals surface area contributed by atoms with Crippen LogP contribution >= 0.6 is 0 Å². The van der Waals surface area contributed by atoms with Gasteiger partial charge in [-0.1, -0.05) is 0 Å². The second-order valence-corrected chi connectivity index (χ2v) is 3.35. The highest BCUT2D eigenvalue weighted by Gasteiger charge is 2.20. The Morgan fingerprint density at radius 3 is 2.68 bits per heavy atom. The number of hydrogen-bond acceptors (Lipinski definition) is 6. The first-order valence-corrected chi connectivity index (χ1v) is 4.87. The summed E-state index contributed by atoms with van der Waals surface area (Å²) in [6, 6.07) is 2.26. The fourth-order valence-electron chi connectivity index (χ4n) is 1.26. The van der Waals surface area contributed by atoms with Crippen LogP contribution in [-0.2, 0) is 0 Å². The summed E-state index contributed by atoms with van der Waals surface area (Å²) in [5.74, 6) is -3.07. The second kappa shape index (κ2) is 4.80. The molecule has 0 aliphatic heterocycles. The lowest BCUT2D eigenvalue weighted by atomic mass is 10.3. The van der Waals surface area contributed by atoms with Crippen LogP contribution in [0.5, 0.6) is 11.6 Å². The third-order valence-electron chi connectivity index (χ3n) is 2.06. The molecule has 0 spiro atoms. The normalized spacial score (nSPS) is 10.2. The van der Waals surface area contributed by atoms with Gasteiger partial charge in [-0.25, -0.2) is 9.37 Å². The SMILES string of the molecule is Nc1nccc(Oc2cc(F)c([N+](=O)[O-])cc2F)n1. The van der Waals surface area contributed by atoms with Crippen molar-refractivity contribution in [2.45, 2.75) is 0 Å². The van der Waals surface area contributed by atoms with Gasteiger partial charge in [-0.3, -0.25) is 10.1 Å². The summed E-state index contributed by atoms with van der Waals surface area (Å²) in [5.41, 5.74) is 4.31. The summed E-state index contributed by atoms with van der Waals surface area (Å²) >= 11 is 0. The number of halogens is 2. The number of ether oxygens (including phenoxy) is 1. The van der Waals surface area contributed by atoms with Gasteiger partial charge in [0.05, 0.1) is 11.0 Å². The van der Waals surface area contributed by atoms with Crippen molar-refractivity contribution in [1.82, 2.24) is 9.97 Å². The van der Waals surface area contributed by atoms with Gasteiger partial charge in [0.2, 0.25) is 17.6 Å². The van der Waals surface area contributed by atoms with Gasteiger partial charge >= 0.3 is 5.69 Å². The minimum atomic E-state index is -1.22. The van der Waals surface area contributed by atoms with Gasteiger partial charge in [-0.05, 0) is 0 Å². The topological polar surface area (TPSA) is 104 Å². The molecule has 1 heterocycles. The summed E-state index contributed by atoms with van der Waals surface area (Å²) < 4.78 is 31.8. The predicted molar refractivity (Wildman–Crippen MR) is 59.5 cm³/mol. The zero-order valence-electron chi connectivity index (χ0n) is 9.21. The minimum Gasteiger partial charge on any atom is -0.436 e. The van der Waals surface area contributed by atoms with E-state index in [1.54, 1.807) is 0 Å². The molecule has 98 valence electrons. The molecule has 0 aliphatic carbocycles. The molecule has 9 heteroatoms. The van der Waals surface area contributed by atoms with Crippen LogP contribution < -0.4 is 10.5 Å². The number of anilines is 1. The molecule has 0 saturated carbocycles. The number of benzene rings is 1. The van der Waals surface area contributed by atoms with E-state index in [1.165, 1.54) is 12.3 Å². The molecule has 0 aliphatic rings. The molecular formula is C10H6F2N4O3. The monoisotopic (exact) mass is 268 g/mol. The number of aromatic nitrogens is 2. The molecule has 2 rings (SSSR count). The summed E-state index contributed by atoms with van der Waals surface area (Å²) in [5, 5.41) is 10.4. The smallest absolute Gasteiger partial charge is 0.307 e. The highest BCUT2D eigenvalue weighted by molar-refractivity contribution is 5.40. The fraction of sp³-hybridized carbons (Fsp3) is 0. The lowest BCUT2D eigenvalue weighted by Gasteiger charge is -2.06. The van der Waals surface area contributed by atoms with Gasteiger partial charge in [0.15, 0.2) is 11.6 Å². The molecule has 0 saturated heterocycles. The zero-order chi connectivity index (χ0) is 14.0. The quantitative estimate of drug-likeness (QED) is 0.674. The summed E-state index contributed by atoms with van der Waals surface area (Å²) in [7, 11) is 0. The Labute approximate surface area is 104 Å². The standard InChI is InChI=1S/C10H6F2N4O3/c11-5-4-8(6(12)3-7(5)16(17)18)19-9-1-2-14-10(13)15-9/h1-4H,(H2,13,14,15). The van der Waals surface area contributed by atoms with E-state index in [0.717, 1.165) is 0 Å². The first-order chi connectivity index (χ1) is 8.97. The van der Waals surface area contributed by atoms with Crippen LogP contribution in [0.15, 0.2) is 24.4 Å². The Hall–Kier alpha value is -2.84. The van der Waals surface area contributed by atoms with Crippen LogP contribution in [0.25, 0.3) is 0 Å². The lowest BCUT2D eigenvalue weighted by molar-refractivity contribution is -0.387. The van der Waals surface area contributed by atoms with Gasteiger partial charge in [-0.15, -0.1) is 0 Å². The van der Waals surface area contributed by atoms with Crippen LogP contribution in [0.4, 0.5) is 20.4 Å². The van der Waals surface area contributed by atoms with E-state index < -0.39 is 28.0 Å². The van der Waals surface area contributed by atoms with E-state index in [0.29, 0.717) is 12.1 Å². The summed E-state index contributed by atoms with van der Waals surface area (Å²) in [6.07, 6.45) is 1.26. The highest BCUT2D eigenvalue weighted by Crippen LogP contribution is 2.29. The number of rotatable bonds is 3. The maximum atomic E-state index is 13.5. The van der Waals surface area contributed by atoms with Crippen LogP contribution in [0.1, 0.15) is 0 Å². The van der Waals surface area contributed by atoms with E-state index in [4.69, 9.17) is 10.5 Å². The maximum Gasteiger partial charge on any atom is 0.307 e. The molecule has 0 atom stereocenters. The summed E-state index contributed by atoms with van der Waals surface area (Å²) in [6.45, 7) is 0. The predicted octanol–water partition coefficient (Wildman–Crippen LogP) is 2.04. The Kier molecular flexibility index (Phi) is 3.19. The van der Waals surface area contributed by atoms with Crippen LogP contribution in [0, 0.1) is 21.7 Å². The van der Waals surface area contributed by atoms with E-state index in [9.17, 15) is 18.9 Å². The molecule has 1 aromatic heterocycles. The molecule has 2 aromatic rings. The average molecular weight is 268 g/mol. The molecule has 19 heavy (non-hydrogen) atoms. The number of hydrogen-bond donors (Lipinski definition) is 1. The number of nitrogen functional groups attached to an aromatic ring is 1. The second-order valence-electron chi connectivity index (χ2n) is 3.35. The molecule has 0 bridgehead atoms. The van der Waals surface area contributed by atoms with Gasteiger partial charge in [0, 0.05) is 18.3 Å². The Morgan fingerprint density at radius 1 is 1.32 bits per heavy atom. The average Bonchev–Trinajstić information content (AvgIpc) is 2.33. The molecule has 7 nitrogen and oxygen atoms in total. The molecule has 2 N–H and O–H groups in total. The molecule has 0 amide bonds. The van der Waals surface area contributed by atoms with Crippen molar-refractivity contribution in [2.24, 2.45) is 0 Å². The van der Waals surface area contributed by atoms with Crippen molar-refractivity contribution < 1.29 is 18.4 Å². The zero-order valence-corrected chi connectivity index (χ0v) is 9.21. The number of nitrogens with two attached hydrogens (primary N) is 1. The lowest BCUT2D eigenvalue weighted by Crippen LogP contribution is -1.99. The van der Waals surface area contributed by atoms with E-state index >= 15 is 0 Å². The Balaban J connectivity index is 2.36. The maximum absolute atomic E-state index is 13.5. The van der Waals surface area contributed by atoms with Gasteiger partial charge in [-0.2, -0.15) is 9.37 Å². The number of nitrogens with zero attached hydrogens (tertiary/aromatic N) is 3. The van der Waals surface area contributed by atoms with Crippen LogP contribution in [0.2, 0.25) is 0 Å². The van der Waals surface area contributed by atoms with Gasteiger partial charge < -0.3 is 10.5 Å². The molecule has 0 radical (unpaired) electrons. The number of nitro benzene ring substituents is 1. The van der Waals surface area contributed by atoms with E-state index in [1.807, 2.05) is 0 Å². The molecule has 1 aromatic carbocycles. The fourth-order valence-corrected chi connectivity index (χ4v) is 1.26. The third kappa shape index (κ3) is 2.70. The third-order valence-corrected chi connectivity index (χ3v) is 2.06. The Bertz CT molecular complexity index is 651. The summed E-state index contributed by atoms with van der Waals surface area (Å²) in [4.78, 5) is 16.6. The molecule has 0 unspecified atom stereocenters. The number of nitro groups is 1. The minimum absolute atomic E-state index is 0.111. The first-order valence-electron chi connectivity index (χ1n) is 4.87. The van der Waals surface area contributed by atoms with Crippen LogP contribution in [0.3, 0.4) is 0 Å². The largest absolute Gasteiger partial charge is 0.436 e. The van der Waals surface area contributed by atoms with Crippen molar-refractivity contribution in [3.05, 3.63) is 46.1 Å². The molecule has 0 fully saturated rings. The highest BCUT2D eigenvalue weighted by atomic mass is 19.1. The van der Waals surface area contributed by atoms with E-state index in [-0.39, 0.29) is 11.8 Å². The van der Waals surface area contributed by atoms with Crippen molar-refractivity contribution >= 4 is 11.6 Å². The Morgan fingerprint density at radius 2 is 2.05 bits per heavy atom. The van der Waals surface area contributed by atoms with Crippen LogP contribution in [-0.4, -0.2) is 14.9 Å². The van der Waals surface area contributed by atoms with Gasteiger partial charge in [0.1, 0.15) is 0 Å². The first kappa shape index (κ1) is 12.6. The van der Waals surface area contributed by atoms with Crippen molar-refractivity contribution in [1.29, 1.82) is 0 Å². The van der Waals surface area contributed by atoms with E-state index in [2.05, 4.69) is 9.97 Å². The molecular weight excluding hydrogens is 262 g/mol. The van der Waals surface area contributed by atoms with Gasteiger partial charge in [0.25, 0.3) is 0 Å². The van der Waals surface area contributed by atoms with Crippen molar-refractivity contribution in [3.63, 3.8) is 0 Å².